The van der Waals surface area contributed by atoms with Gasteiger partial charge in [0.25, 0.3) is 0 Å². The van der Waals surface area contributed by atoms with Crippen LogP contribution in [0.3, 0.4) is 0 Å². The number of carbonyl (C=O) groups excluding carboxylic acids is 2. The van der Waals surface area contributed by atoms with Gasteiger partial charge < -0.3 is 14.5 Å². The normalized spacial score (nSPS) is 16.4. The van der Waals surface area contributed by atoms with Gasteiger partial charge >= 0.3 is 0 Å². The summed E-state index contributed by atoms with van der Waals surface area (Å²) in [6.45, 7) is 12.3. The summed E-state index contributed by atoms with van der Waals surface area (Å²) >= 11 is 1.75. The first-order chi connectivity index (χ1) is 15.8. The van der Waals surface area contributed by atoms with E-state index in [1.165, 1.54) is 16.0 Å². The minimum absolute atomic E-state index is 0.000656. The van der Waals surface area contributed by atoms with Crippen LogP contribution in [-0.4, -0.2) is 47.9 Å². The minimum Gasteiger partial charge on any atom is -0.491 e. The highest BCUT2D eigenvalue weighted by Crippen LogP contribution is 2.34. The molecule has 0 N–H and O–H groups in total. The zero-order chi connectivity index (χ0) is 24.0. The molecule has 1 aliphatic rings. The highest BCUT2D eigenvalue weighted by molar-refractivity contribution is 7.10. The van der Waals surface area contributed by atoms with Crippen LogP contribution in [-0.2, 0) is 16.0 Å². The molecule has 2 atom stereocenters. The Morgan fingerprint density at radius 2 is 1.88 bits per heavy atom. The molecule has 0 aliphatic carbocycles. The van der Waals surface area contributed by atoms with Gasteiger partial charge in [-0.15, -0.1) is 11.3 Å². The average Bonchev–Trinajstić information content (AvgIpc) is 3.30. The zero-order valence-corrected chi connectivity index (χ0v) is 21.5. The first-order valence-electron chi connectivity index (χ1n) is 12.2. The lowest BCUT2D eigenvalue weighted by molar-refractivity contribution is -0.143. The van der Waals surface area contributed by atoms with Crippen molar-refractivity contribution in [2.24, 2.45) is 5.92 Å². The maximum Gasteiger partial charge on any atom is 0.242 e. The monoisotopic (exact) mass is 470 g/mol. The zero-order valence-electron chi connectivity index (χ0n) is 20.7. The van der Waals surface area contributed by atoms with E-state index in [-0.39, 0.29) is 24.4 Å². The maximum absolute atomic E-state index is 13.5. The van der Waals surface area contributed by atoms with Gasteiger partial charge in [0.2, 0.25) is 11.8 Å². The molecule has 3 rings (SSSR count). The highest BCUT2D eigenvalue weighted by atomic mass is 32.1. The Labute approximate surface area is 202 Å². The van der Waals surface area contributed by atoms with Crippen molar-refractivity contribution >= 4 is 23.2 Å². The fraction of sp³-hybridized carbons (Fsp3) is 0.556. The summed E-state index contributed by atoms with van der Waals surface area (Å²) in [5, 5.41) is 2.10. The molecule has 2 heterocycles. The molecule has 33 heavy (non-hydrogen) atoms. The summed E-state index contributed by atoms with van der Waals surface area (Å²) in [4.78, 5) is 31.0. The Morgan fingerprint density at radius 3 is 2.52 bits per heavy atom. The van der Waals surface area contributed by atoms with Crippen LogP contribution in [0.15, 0.2) is 35.7 Å². The van der Waals surface area contributed by atoms with Crippen molar-refractivity contribution in [3.05, 3.63) is 51.7 Å². The molecule has 1 aromatic heterocycles. The van der Waals surface area contributed by atoms with Gasteiger partial charge in [-0.25, -0.2) is 0 Å². The standard InChI is InChI=1S/C27H38N2O3S/c1-6-20(5)16-28(26(30)7-2)17-27(31)29-14-12-25-23(13-15-33-25)24(29)18-32-22-10-8-21(9-11-22)19(3)4/h8-11,13,15,19-20,24H,6-7,12,14,16-18H2,1-5H3/t20-,24-/m1/s1. The van der Waals surface area contributed by atoms with E-state index in [1.807, 2.05) is 24.0 Å². The van der Waals surface area contributed by atoms with Crippen molar-refractivity contribution in [1.82, 2.24) is 9.80 Å². The third-order valence-corrected chi connectivity index (χ3v) is 7.58. The summed E-state index contributed by atoms with van der Waals surface area (Å²) in [6, 6.07) is 10.2. The van der Waals surface area contributed by atoms with Gasteiger partial charge in [0.15, 0.2) is 0 Å². The fourth-order valence-corrected chi connectivity index (χ4v) is 5.16. The number of amides is 2. The average molecular weight is 471 g/mol. The summed E-state index contributed by atoms with van der Waals surface area (Å²) in [6.07, 6.45) is 2.25. The molecule has 0 spiro atoms. The van der Waals surface area contributed by atoms with Gasteiger partial charge in [0.1, 0.15) is 12.4 Å². The van der Waals surface area contributed by atoms with E-state index in [0.717, 1.165) is 18.6 Å². The number of hydrogen-bond donors (Lipinski definition) is 0. The highest BCUT2D eigenvalue weighted by Gasteiger charge is 2.33. The van der Waals surface area contributed by atoms with Crippen molar-refractivity contribution in [2.75, 3.05) is 26.2 Å². The number of rotatable bonds is 10. The van der Waals surface area contributed by atoms with Gasteiger partial charge in [-0.05, 0) is 53.0 Å². The molecule has 0 fully saturated rings. The van der Waals surface area contributed by atoms with Gasteiger partial charge in [-0.3, -0.25) is 9.59 Å². The van der Waals surface area contributed by atoms with E-state index in [2.05, 4.69) is 51.3 Å². The van der Waals surface area contributed by atoms with Crippen molar-refractivity contribution in [2.45, 2.75) is 65.8 Å². The Bertz CT molecular complexity index is 922. The fourth-order valence-electron chi connectivity index (χ4n) is 4.24. The van der Waals surface area contributed by atoms with Crippen molar-refractivity contribution in [1.29, 1.82) is 0 Å². The van der Waals surface area contributed by atoms with Crippen molar-refractivity contribution in [3.63, 3.8) is 0 Å². The molecule has 180 valence electrons. The van der Waals surface area contributed by atoms with Crippen LogP contribution >= 0.6 is 11.3 Å². The summed E-state index contributed by atoms with van der Waals surface area (Å²) < 4.78 is 6.17. The molecule has 0 saturated carbocycles. The van der Waals surface area contributed by atoms with Gasteiger partial charge in [-0.2, -0.15) is 0 Å². The first-order valence-corrected chi connectivity index (χ1v) is 13.1. The van der Waals surface area contributed by atoms with Crippen LogP contribution in [0.1, 0.15) is 75.4 Å². The Kier molecular flexibility index (Phi) is 8.95. The molecule has 0 saturated heterocycles. The number of ether oxygens (including phenoxy) is 1. The predicted octanol–water partition coefficient (Wildman–Crippen LogP) is 5.66. The van der Waals surface area contributed by atoms with Crippen LogP contribution in [0, 0.1) is 5.92 Å². The Morgan fingerprint density at radius 1 is 1.15 bits per heavy atom. The van der Waals surface area contributed by atoms with E-state index < -0.39 is 0 Å². The van der Waals surface area contributed by atoms with E-state index in [9.17, 15) is 9.59 Å². The second-order valence-electron chi connectivity index (χ2n) is 9.33. The predicted molar refractivity (Wildman–Crippen MR) is 135 cm³/mol. The molecule has 1 aromatic carbocycles. The topological polar surface area (TPSA) is 49.9 Å². The van der Waals surface area contributed by atoms with Crippen LogP contribution in [0.2, 0.25) is 0 Å². The smallest absolute Gasteiger partial charge is 0.242 e. The van der Waals surface area contributed by atoms with Crippen LogP contribution in [0.5, 0.6) is 5.75 Å². The van der Waals surface area contributed by atoms with E-state index in [4.69, 9.17) is 4.74 Å². The molecule has 2 aromatic rings. The number of thiophene rings is 1. The van der Waals surface area contributed by atoms with Gasteiger partial charge in [0, 0.05) is 24.4 Å². The van der Waals surface area contributed by atoms with Crippen LogP contribution in [0.25, 0.3) is 0 Å². The Balaban J connectivity index is 1.74. The molecule has 1 aliphatic heterocycles. The van der Waals surface area contributed by atoms with E-state index in [1.54, 1.807) is 16.2 Å². The molecule has 0 bridgehead atoms. The first kappa shape index (κ1) is 25.3. The molecule has 6 heteroatoms. The van der Waals surface area contributed by atoms with Crippen LogP contribution < -0.4 is 4.74 Å². The van der Waals surface area contributed by atoms with Gasteiger partial charge in [0.05, 0.1) is 12.6 Å². The molecular formula is C27H38N2O3S. The number of benzene rings is 1. The summed E-state index contributed by atoms with van der Waals surface area (Å²) in [5.41, 5.74) is 2.45. The third-order valence-electron chi connectivity index (χ3n) is 6.58. The minimum atomic E-state index is -0.139. The number of carbonyl (C=O) groups is 2. The quantitative estimate of drug-likeness (QED) is 0.450. The summed E-state index contributed by atoms with van der Waals surface area (Å²) in [5.74, 6) is 1.69. The summed E-state index contributed by atoms with van der Waals surface area (Å²) in [7, 11) is 0. The SMILES string of the molecule is CCC(=O)N(CC(=O)N1CCc2sccc2[C@H]1COc1ccc(C(C)C)cc1)C[C@H](C)CC. The lowest BCUT2D eigenvalue weighted by Crippen LogP contribution is -2.48. The van der Waals surface area contributed by atoms with Gasteiger partial charge in [-0.1, -0.05) is 53.2 Å². The maximum atomic E-state index is 13.5. The van der Waals surface area contributed by atoms with Crippen molar-refractivity contribution in [3.8, 4) is 5.75 Å². The number of hydrogen-bond acceptors (Lipinski definition) is 4. The second-order valence-corrected chi connectivity index (χ2v) is 10.3. The Hall–Kier alpha value is -2.34. The van der Waals surface area contributed by atoms with Crippen molar-refractivity contribution < 1.29 is 14.3 Å². The molecule has 5 nitrogen and oxygen atoms in total. The molecule has 0 unspecified atom stereocenters. The number of fused-ring (bicyclic) bond motifs is 1. The van der Waals surface area contributed by atoms with Crippen LogP contribution in [0.4, 0.5) is 0 Å². The molecule has 2 amide bonds. The second kappa shape index (κ2) is 11.7. The lowest BCUT2D eigenvalue weighted by Gasteiger charge is -2.37. The number of nitrogens with zero attached hydrogens (tertiary/aromatic N) is 2. The molecular weight excluding hydrogens is 432 g/mol. The third kappa shape index (κ3) is 6.38. The molecule has 0 radical (unpaired) electrons. The van der Waals surface area contributed by atoms with E-state index in [0.29, 0.717) is 38.0 Å². The van der Waals surface area contributed by atoms with E-state index >= 15 is 0 Å². The largest absolute Gasteiger partial charge is 0.491 e. The lowest BCUT2D eigenvalue weighted by atomic mass is 10.00.